The Hall–Kier alpha value is -3.88. The first-order valence-electron chi connectivity index (χ1n) is 11.5. The Labute approximate surface area is 201 Å². The Morgan fingerprint density at radius 1 is 1.31 bits per heavy atom. The zero-order valence-corrected chi connectivity index (χ0v) is 19.2. The third kappa shape index (κ3) is 4.45. The van der Waals surface area contributed by atoms with Crippen LogP contribution in [0.1, 0.15) is 48.4 Å². The van der Waals surface area contributed by atoms with Crippen LogP contribution in [-0.4, -0.2) is 54.4 Å². The van der Waals surface area contributed by atoms with Crippen molar-refractivity contribution in [3.8, 4) is 23.1 Å². The van der Waals surface area contributed by atoms with Gasteiger partial charge in [-0.05, 0) is 51.1 Å². The Bertz CT molecular complexity index is 1370. The van der Waals surface area contributed by atoms with Gasteiger partial charge in [0.15, 0.2) is 0 Å². The molecule has 10 nitrogen and oxygen atoms in total. The smallest absolute Gasteiger partial charge is 0.148 e. The van der Waals surface area contributed by atoms with Crippen LogP contribution < -0.4 is 10.1 Å². The highest BCUT2D eigenvalue weighted by molar-refractivity contribution is 5.74. The van der Waals surface area contributed by atoms with Crippen molar-refractivity contribution in [2.24, 2.45) is 0 Å². The van der Waals surface area contributed by atoms with Gasteiger partial charge >= 0.3 is 0 Å². The molecule has 5 heterocycles. The first-order chi connectivity index (χ1) is 17.1. The molecule has 1 aliphatic rings. The Balaban J connectivity index is 1.57. The van der Waals surface area contributed by atoms with Crippen LogP contribution in [0.3, 0.4) is 0 Å². The van der Waals surface area contributed by atoms with E-state index in [2.05, 4.69) is 31.8 Å². The van der Waals surface area contributed by atoms with Gasteiger partial charge in [-0.3, -0.25) is 4.98 Å². The fourth-order valence-electron chi connectivity index (χ4n) is 4.51. The quantitative estimate of drug-likeness (QED) is 0.417. The summed E-state index contributed by atoms with van der Waals surface area (Å²) >= 11 is 0. The van der Waals surface area contributed by atoms with Crippen molar-refractivity contribution in [3.05, 3.63) is 59.6 Å². The van der Waals surface area contributed by atoms with Crippen molar-refractivity contribution in [1.82, 2.24) is 34.9 Å². The predicted octanol–water partition coefficient (Wildman–Crippen LogP) is 2.73. The highest BCUT2D eigenvalue weighted by Gasteiger charge is 2.24. The van der Waals surface area contributed by atoms with Gasteiger partial charge in [-0.15, -0.1) is 5.10 Å². The number of nitrogens with zero attached hydrogens (tertiary/aromatic N) is 7. The summed E-state index contributed by atoms with van der Waals surface area (Å²) in [6.07, 6.45) is 5.91. The maximum atomic E-state index is 13.4. The maximum Gasteiger partial charge on any atom is 0.148 e. The lowest BCUT2D eigenvalue weighted by molar-refractivity contribution is 0.153. The van der Waals surface area contributed by atoms with Crippen LogP contribution >= 0.6 is 0 Å². The Kier molecular flexibility index (Phi) is 6.39. The second-order valence-electron chi connectivity index (χ2n) is 8.53. The standard InChI is InChI=1S/C24H25FN8O2/c1-15-23(30-31-33(15)19-4-7-27-8-5-19)16-10-22(24-17(11-26)12-29-32(24)14-16)35-21(6-9-34)20-3-2-18(25)13-28-20/h2-3,10,12-14,19,21,27,34H,4-9H2,1H3. The zero-order valence-electron chi connectivity index (χ0n) is 19.2. The summed E-state index contributed by atoms with van der Waals surface area (Å²) in [6, 6.07) is 7.05. The number of pyridine rings is 2. The third-order valence-electron chi connectivity index (χ3n) is 6.29. The molecule has 1 fully saturated rings. The molecule has 180 valence electrons. The van der Waals surface area contributed by atoms with Gasteiger partial charge in [-0.1, -0.05) is 5.21 Å². The van der Waals surface area contributed by atoms with E-state index < -0.39 is 11.9 Å². The SMILES string of the molecule is Cc1c(-c2cc(OC(CCO)c3ccc(F)cn3)c3c(C#N)cnn3c2)nnn1C1CCNCC1. The summed E-state index contributed by atoms with van der Waals surface area (Å²) in [7, 11) is 0. The van der Waals surface area contributed by atoms with Crippen LogP contribution in [0.25, 0.3) is 16.8 Å². The predicted molar refractivity (Wildman–Crippen MR) is 124 cm³/mol. The fourth-order valence-corrected chi connectivity index (χ4v) is 4.51. The third-order valence-corrected chi connectivity index (χ3v) is 6.29. The van der Waals surface area contributed by atoms with Gasteiger partial charge in [0.05, 0.1) is 29.8 Å². The number of aliphatic hydroxyl groups is 1. The molecule has 4 aromatic rings. The van der Waals surface area contributed by atoms with Crippen molar-refractivity contribution in [2.75, 3.05) is 19.7 Å². The minimum absolute atomic E-state index is 0.159. The van der Waals surface area contributed by atoms with E-state index in [0.29, 0.717) is 28.2 Å². The van der Waals surface area contributed by atoms with Gasteiger partial charge in [-0.25, -0.2) is 13.6 Å². The van der Waals surface area contributed by atoms with E-state index in [1.165, 1.54) is 18.3 Å². The summed E-state index contributed by atoms with van der Waals surface area (Å²) in [5, 5.41) is 35.8. The molecule has 35 heavy (non-hydrogen) atoms. The van der Waals surface area contributed by atoms with Gasteiger partial charge in [0, 0.05) is 24.8 Å². The van der Waals surface area contributed by atoms with E-state index in [4.69, 9.17) is 4.74 Å². The number of piperidine rings is 1. The molecule has 5 rings (SSSR count). The van der Waals surface area contributed by atoms with Gasteiger partial charge < -0.3 is 15.2 Å². The molecule has 0 amide bonds. The van der Waals surface area contributed by atoms with Crippen LogP contribution in [0.5, 0.6) is 5.75 Å². The number of nitriles is 1. The zero-order chi connectivity index (χ0) is 24.4. The molecule has 1 unspecified atom stereocenters. The van der Waals surface area contributed by atoms with E-state index in [1.54, 1.807) is 16.8 Å². The first kappa shape index (κ1) is 22.9. The maximum absolute atomic E-state index is 13.4. The molecule has 11 heteroatoms. The second-order valence-corrected chi connectivity index (χ2v) is 8.53. The molecule has 4 aromatic heterocycles. The van der Waals surface area contributed by atoms with Crippen LogP contribution in [-0.2, 0) is 0 Å². The number of halogens is 1. The van der Waals surface area contributed by atoms with E-state index in [1.807, 2.05) is 11.6 Å². The van der Waals surface area contributed by atoms with E-state index in [-0.39, 0.29) is 19.1 Å². The minimum atomic E-state index is -0.660. The van der Waals surface area contributed by atoms with Crippen molar-refractivity contribution in [1.29, 1.82) is 5.26 Å². The number of nitrogens with one attached hydrogen (secondary N) is 1. The van der Waals surface area contributed by atoms with Gasteiger partial charge in [0.1, 0.15) is 40.5 Å². The molecule has 0 spiro atoms. The van der Waals surface area contributed by atoms with Crippen molar-refractivity contribution < 1.29 is 14.2 Å². The van der Waals surface area contributed by atoms with E-state index >= 15 is 0 Å². The van der Waals surface area contributed by atoms with E-state index in [0.717, 1.165) is 43.4 Å². The normalized spacial score (nSPS) is 15.3. The van der Waals surface area contributed by atoms with Crippen LogP contribution in [0, 0.1) is 24.1 Å². The minimum Gasteiger partial charge on any atom is -0.482 e. The molecule has 1 atom stereocenters. The van der Waals surface area contributed by atoms with Gasteiger partial charge in [0.25, 0.3) is 0 Å². The number of hydrogen-bond donors (Lipinski definition) is 2. The second kappa shape index (κ2) is 9.77. The first-order valence-corrected chi connectivity index (χ1v) is 11.5. The fraction of sp³-hybridized carbons (Fsp3) is 0.375. The molecular weight excluding hydrogens is 451 g/mol. The van der Waals surface area contributed by atoms with Crippen LogP contribution in [0.4, 0.5) is 4.39 Å². The number of fused-ring (bicyclic) bond motifs is 1. The van der Waals surface area contributed by atoms with Crippen molar-refractivity contribution >= 4 is 5.52 Å². The molecule has 0 aromatic carbocycles. The molecule has 1 saturated heterocycles. The lowest BCUT2D eigenvalue weighted by atomic mass is 10.1. The molecule has 0 bridgehead atoms. The number of aliphatic hydroxyl groups excluding tert-OH is 1. The lowest BCUT2D eigenvalue weighted by Gasteiger charge is -2.23. The number of hydrogen-bond acceptors (Lipinski definition) is 8. The highest BCUT2D eigenvalue weighted by Crippen LogP contribution is 2.34. The summed E-state index contributed by atoms with van der Waals surface area (Å²) in [6.45, 7) is 3.71. The average molecular weight is 477 g/mol. The van der Waals surface area contributed by atoms with Crippen LogP contribution in [0.15, 0.2) is 36.8 Å². The average Bonchev–Trinajstić information content (AvgIpc) is 3.48. The topological polar surface area (TPSA) is 126 Å². The van der Waals surface area contributed by atoms with Gasteiger partial charge in [0.2, 0.25) is 0 Å². The highest BCUT2D eigenvalue weighted by atomic mass is 19.1. The summed E-state index contributed by atoms with van der Waals surface area (Å²) in [5.41, 5.74) is 3.66. The number of ether oxygens (including phenoxy) is 1. The Morgan fingerprint density at radius 2 is 2.14 bits per heavy atom. The molecule has 1 aliphatic heterocycles. The molecule has 0 saturated carbocycles. The summed E-state index contributed by atoms with van der Waals surface area (Å²) in [4.78, 5) is 4.12. The number of rotatable bonds is 7. The van der Waals surface area contributed by atoms with E-state index in [9.17, 15) is 14.8 Å². The molecule has 2 N–H and O–H groups in total. The van der Waals surface area contributed by atoms with Crippen molar-refractivity contribution in [3.63, 3.8) is 0 Å². The summed E-state index contributed by atoms with van der Waals surface area (Å²) in [5.74, 6) is -0.0762. The molecular formula is C24H25FN8O2. The van der Waals surface area contributed by atoms with Crippen molar-refractivity contribution in [2.45, 2.75) is 38.3 Å². The van der Waals surface area contributed by atoms with Crippen LogP contribution in [0.2, 0.25) is 0 Å². The molecule has 0 radical (unpaired) electrons. The number of aromatic nitrogens is 6. The Morgan fingerprint density at radius 3 is 2.86 bits per heavy atom. The van der Waals surface area contributed by atoms with Gasteiger partial charge in [-0.2, -0.15) is 10.4 Å². The summed E-state index contributed by atoms with van der Waals surface area (Å²) < 4.78 is 23.3. The lowest BCUT2D eigenvalue weighted by Crippen LogP contribution is -2.30. The monoisotopic (exact) mass is 476 g/mol. The largest absolute Gasteiger partial charge is 0.482 e. The molecule has 0 aliphatic carbocycles.